The largest absolute Gasteiger partial charge is 0.352 e. The lowest BCUT2D eigenvalue weighted by atomic mass is 10.1. The molecule has 1 fully saturated rings. The number of aryl methyl sites for hydroxylation is 1. The number of benzene rings is 2. The van der Waals surface area contributed by atoms with E-state index in [1.54, 1.807) is 0 Å². The number of thioether (sulfide) groups is 1. The Kier molecular flexibility index (Phi) is 6.33. The van der Waals surface area contributed by atoms with E-state index < -0.39 is 5.25 Å². The van der Waals surface area contributed by atoms with Crippen molar-refractivity contribution in [1.29, 1.82) is 0 Å². The molecule has 4 rings (SSSR count). The standard InChI is InChI=1S/C24H25N3O2S/c1-17-8-7-11-19(14-17)26-24-27(20-12-5-6-13-20)23(29)21(30-24)15-22(28)25-16-18-9-3-2-4-10-18/h2-11,14,20-21H,12-13,15-16H2,1H3,(H,25,28). The molecule has 0 bridgehead atoms. The Labute approximate surface area is 181 Å². The average molecular weight is 420 g/mol. The number of nitrogens with one attached hydrogen (secondary N) is 1. The van der Waals surface area contributed by atoms with Crippen LogP contribution in [-0.2, 0) is 16.1 Å². The number of carbonyl (C=O) groups is 2. The van der Waals surface area contributed by atoms with E-state index in [4.69, 9.17) is 4.99 Å². The molecule has 1 heterocycles. The second-order valence-electron chi connectivity index (χ2n) is 7.61. The van der Waals surface area contributed by atoms with Gasteiger partial charge in [-0.05, 0) is 43.0 Å². The van der Waals surface area contributed by atoms with Gasteiger partial charge in [0.05, 0.1) is 5.69 Å². The molecule has 154 valence electrons. The summed E-state index contributed by atoms with van der Waals surface area (Å²) in [7, 11) is 0. The zero-order chi connectivity index (χ0) is 20.9. The third-order valence-electron chi connectivity index (χ3n) is 5.24. The zero-order valence-corrected chi connectivity index (χ0v) is 17.8. The Morgan fingerprint density at radius 1 is 1.13 bits per heavy atom. The van der Waals surface area contributed by atoms with Gasteiger partial charge in [-0.1, -0.05) is 66.4 Å². The molecule has 0 spiro atoms. The summed E-state index contributed by atoms with van der Waals surface area (Å²) in [5.74, 6) is -0.138. The van der Waals surface area contributed by atoms with Gasteiger partial charge in [0, 0.05) is 19.0 Å². The van der Waals surface area contributed by atoms with Crippen LogP contribution in [0, 0.1) is 6.92 Å². The van der Waals surface area contributed by atoms with E-state index in [-0.39, 0.29) is 24.3 Å². The Hall–Kier alpha value is -2.86. The number of rotatable bonds is 6. The highest BCUT2D eigenvalue weighted by molar-refractivity contribution is 8.15. The highest BCUT2D eigenvalue weighted by Gasteiger charge is 2.42. The third kappa shape index (κ3) is 4.82. The molecule has 0 radical (unpaired) electrons. The van der Waals surface area contributed by atoms with Crippen LogP contribution < -0.4 is 5.32 Å². The molecule has 0 saturated carbocycles. The van der Waals surface area contributed by atoms with Crippen LogP contribution in [0.3, 0.4) is 0 Å². The third-order valence-corrected chi connectivity index (χ3v) is 6.40. The number of amides is 2. The fourth-order valence-electron chi connectivity index (χ4n) is 3.69. The van der Waals surface area contributed by atoms with Crippen LogP contribution in [0.1, 0.15) is 30.4 Å². The summed E-state index contributed by atoms with van der Waals surface area (Å²) >= 11 is 1.40. The molecule has 1 aliphatic carbocycles. The van der Waals surface area contributed by atoms with E-state index in [9.17, 15) is 9.59 Å². The number of nitrogens with zero attached hydrogens (tertiary/aromatic N) is 2. The number of hydrogen-bond acceptors (Lipinski definition) is 4. The van der Waals surface area contributed by atoms with Gasteiger partial charge in [0.2, 0.25) is 11.8 Å². The summed E-state index contributed by atoms with van der Waals surface area (Å²) in [5.41, 5.74) is 2.99. The number of carbonyl (C=O) groups excluding carboxylic acids is 2. The molecule has 2 aliphatic rings. The molecule has 1 unspecified atom stereocenters. The van der Waals surface area contributed by atoms with Crippen molar-refractivity contribution in [3.63, 3.8) is 0 Å². The fraction of sp³-hybridized carbons (Fsp3) is 0.292. The average Bonchev–Trinajstić information content (AvgIpc) is 3.36. The van der Waals surface area contributed by atoms with Crippen LogP contribution in [0.25, 0.3) is 0 Å². The monoisotopic (exact) mass is 419 g/mol. The summed E-state index contributed by atoms with van der Waals surface area (Å²) in [6.45, 7) is 2.49. The fourth-order valence-corrected chi connectivity index (χ4v) is 4.90. The lowest BCUT2D eigenvalue weighted by Gasteiger charge is -2.23. The van der Waals surface area contributed by atoms with Crippen LogP contribution in [-0.4, -0.2) is 33.2 Å². The highest BCUT2D eigenvalue weighted by atomic mass is 32.2. The summed E-state index contributed by atoms with van der Waals surface area (Å²) in [5, 5.41) is 3.18. The minimum Gasteiger partial charge on any atom is -0.352 e. The summed E-state index contributed by atoms with van der Waals surface area (Å²) in [6.07, 6.45) is 6.01. The van der Waals surface area contributed by atoms with E-state index >= 15 is 0 Å². The molecule has 5 nitrogen and oxygen atoms in total. The molecule has 1 N–H and O–H groups in total. The number of aliphatic imine (C=N–C) groups is 1. The van der Waals surface area contributed by atoms with Crippen LogP contribution in [0.4, 0.5) is 5.69 Å². The van der Waals surface area contributed by atoms with Crippen LogP contribution in [0.5, 0.6) is 0 Å². The minimum atomic E-state index is -0.440. The van der Waals surface area contributed by atoms with Crippen molar-refractivity contribution in [3.05, 3.63) is 77.9 Å². The molecule has 1 atom stereocenters. The quantitative estimate of drug-likeness (QED) is 0.708. The Bertz CT molecular complexity index is 979. The maximum absolute atomic E-state index is 13.2. The van der Waals surface area contributed by atoms with Crippen molar-refractivity contribution in [2.24, 2.45) is 4.99 Å². The summed E-state index contributed by atoms with van der Waals surface area (Å²) in [6, 6.07) is 17.8. The van der Waals surface area contributed by atoms with Gasteiger partial charge in [0.25, 0.3) is 0 Å². The molecule has 2 amide bonds. The van der Waals surface area contributed by atoms with Crippen molar-refractivity contribution in [1.82, 2.24) is 10.2 Å². The van der Waals surface area contributed by atoms with E-state index in [1.165, 1.54) is 11.8 Å². The normalized spacial score (nSPS) is 20.3. The molecule has 6 heteroatoms. The summed E-state index contributed by atoms with van der Waals surface area (Å²) < 4.78 is 0. The van der Waals surface area contributed by atoms with Gasteiger partial charge in [-0.3, -0.25) is 14.5 Å². The topological polar surface area (TPSA) is 61.8 Å². The smallest absolute Gasteiger partial charge is 0.242 e. The second kappa shape index (κ2) is 9.30. The van der Waals surface area contributed by atoms with Gasteiger partial charge in [-0.15, -0.1) is 0 Å². The lowest BCUT2D eigenvalue weighted by Crippen LogP contribution is -2.40. The highest BCUT2D eigenvalue weighted by Crippen LogP contribution is 2.35. The van der Waals surface area contributed by atoms with Crippen molar-refractivity contribution < 1.29 is 9.59 Å². The first kappa shape index (κ1) is 20.4. The Balaban J connectivity index is 1.47. The molecule has 2 aromatic carbocycles. The molecule has 30 heavy (non-hydrogen) atoms. The van der Waals surface area contributed by atoms with Gasteiger partial charge >= 0.3 is 0 Å². The maximum atomic E-state index is 13.2. The Morgan fingerprint density at radius 3 is 2.63 bits per heavy atom. The van der Waals surface area contributed by atoms with Gasteiger partial charge in [0.1, 0.15) is 5.25 Å². The minimum absolute atomic E-state index is 0.0186. The van der Waals surface area contributed by atoms with Gasteiger partial charge in [0.15, 0.2) is 5.17 Å². The number of hydrogen-bond donors (Lipinski definition) is 1. The SMILES string of the molecule is Cc1cccc(N=C2SC(CC(=O)NCc3ccccc3)C(=O)N2C2CC=CC2)c1. The van der Waals surface area contributed by atoms with Crippen molar-refractivity contribution in [3.8, 4) is 0 Å². The van der Waals surface area contributed by atoms with Crippen molar-refractivity contribution in [2.45, 2.75) is 44.0 Å². The molecular formula is C24H25N3O2S. The molecule has 2 aromatic rings. The van der Waals surface area contributed by atoms with Crippen molar-refractivity contribution >= 4 is 34.4 Å². The van der Waals surface area contributed by atoms with Gasteiger partial charge < -0.3 is 5.32 Å². The zero-order valence-electron chi connectivity index (χ0n) is 17.0. The first-order valence-corrected chi connectivity index (χ1v) is 11.1. The second-order valence-corrected chi connectivity index (χ2v) is 8.78. The molecule has 0 aromatic heterocycles. The van der Waals surface area contributed by atoms with Gasteiger partial charge in [-0.2, -0.15) is 0 Å². The molecule has 1 aliphatic heterocycles. The van der Waals surface area contributed by atoms with E-state index in [1.807, 2.05) is 66.4 Å². The predicted octanol–water partition coefficient (Wildman–Crippen LogP) is 4.35. The van der Waals surface area contributed by atoms with E-state index in [2.05, 4.69) is 17.5 Å². The lowest BCUT2D eigenvalue weighted by molar-refractivity contribution is -0.130. The molecular weight excluding hydrogens is 394 g/mol. The van der Waals surface area contributed by atoms with E-state index in [0.29, 0.717) is 11.7 Å². The van der Waals surface area contributed by atoms with Crippen LogP contribution in [0.15, 0.2) is 71.7 Å². The van der Waals surface area contributed by atoms with Crippen LogP contribution >= 0.6 is 11.8 Å². The first-order chi connectivity index (χ1) is 14.6. The van der Waals surface area contributed by atoms with E-state index in [0.717, 1.165) is 29.7 Å². The summed E-state index contributed by atoms with van der Waals surface area (Å²) in [4.78, 5) is 32.3. The number of amidine groups is 1. The van der Waals surface area contributed by atoms with Gasteiger partial charge in [-0.25, -0.2) is 4.99 Å². The van der Waals surface area contributed by atoms with Crippen LogP contribution in [0.2, 0.25) is 0 Å². The first-order valence-electron chi connectivity index (χ1n) is 10.2. The molecule has 1 saturated heterocycles. The van der Waals surface area contributed by atoms with Crippen molar-refractivity contribution in [2.75, 3.05) is 0 Å². The maximum Gasteiger partial charge on any atom is 0.242 e. The Morgan fingerprint density at radius 2 is 1.90 bits per heavy atom. The predicted molar refractivity (Wildman–Crippen MR) is 122 cm³/mol.